The maximum atomic E-state index is 5.34. The summed E-state index contributed by atoms with van der Waals surface area (Å²) in [6.07, 6.45) is 5.74. The quantitative estimate of drug-likeness (QED) is 0.634. The van der Waals surface area contributed by atoms with Crippen molar-refractivity contribution >= 4 is 0 Å². The monoisotopic (exact) mass is 166 g/mol. The van der Waals surface area contributed by atoms with Gasteiger partial charge in [0.2, 0.25) is 5.89 Å². The van der Waals surface area contributed by atoms with Gasteiger partial charge < -0.3 is 4.42 Å². The summed E-state index contributed by atoms with van der Waals surface area (Å²) >= 11 is 0. The van der Waals surface area contributed by atoms with Crippen LogP contribution in [0.1, 0.15) is 25.7 Å². The summed E-state index contributed by atoms with van der Waals surface area (Å²) in [5, 5.41) is 0. The Hall–Kier alpha value is -0.830. The lowest BCUT2D eigenvalue weighted by Crippen LogP contribution is -2.35. The van der Waals surface area contributed by atoms with E-state index in [2.05, 4.69) is 23.9 Å². The lowest BCUT2D eigenvalue weighted by atomic mass is 9.99. The van der Waals surface area contributed by atoms with Gasteiger partial charge in [0.05, 0.1) is 11.7 Å². The molecule has 0 saturated carbocycles. The molecule has 0 aromatic carbocycles. The van der Waals surface area contributed by atoms with Crippen LogP contribution in [-0.2, 0) is 5.54 Å². The van der Waals surface area contributed by atoms with Crippen molar-refractivity contribution in [2.75, 3.05) is 13.6 Å². The number of hydrogen-bond acceptors (Lipinski definition) is 3. The molecule has 0 spiro atoms. The Morgan fingerprint density at radius 2 is 2.50 bits per heavy atom. The van der Waals surface area contributed by atoms with Crippen molar-refractivity contribution in [3.63, 3.8) is 0 Å². The molecule has 3 heteroatoms. The Labute approximate surface area is 72.4 Å². The highest BCUT2D eigenvalue weighted by Gasteiger charge is 2.39. The van der Waals surface area contributed by atoms with Crippen LogP contribution in [-0.4, -0.2) is 23.5 Å². The smallest absolute Gasteiger partial charge is 0.214 e. The molecular weight excluding hydrogens is 152 g/mol. The Morgan fingerprint density at radius 1 is 1.67 bits per heavy atom. The average Bonchev–Trinajstić information content (AvgIpc) is 2.62. The standard InChI is InChI=1S/C9H14N2O/c1-9(4-3-6-11(9)2)8-10-5-7-12-8/h5,7H,3-4,6H2,1-2H3/t9-/m0/s1. The lowest BCUT2D eigenvalue weighted by Gasteiger charge is -2.28. The molecule has 1 saturated heterocycles. The first-order valence-corrected chi connectivity index (χ1v) is 4.35. The van der Waals surface area contributed by atoms with E-state index < -0.39 is 0 Å². The van der Waals surface area contributed by atoms with E-state index >= 15 is 0 Å². The third kappa shape index (κ3) is 0.966. The highest BCUT2D eigenvalue weighted by Crippen LogP contribution is 2.35. The maximum Gasteiger partial charge on any atom is 0.214 e. The summed E-state index contributed by atoms with van der Waals surface area (Å²) in [7, 11) is 2.12. The van der Waals surface area contributed by atoms with Crippen molar-refractivity contribution in [3.8, 4) is 0 Å². The molecule has 0 N–H and O–H groups in total. The largest absolute Gasteiger partial charge is 0.447 e. The number of hydrogen-bond donors (Lipinski definition) is 0. The number of rotatable bonds is 1. The van der Waals surface area contributed by atoms with Crippen LogP contribution < -0.4 is 0 Å². The normalized spacial score (nSPS) is 31.2. The first-order chi connectivity index (χ1) is 5.73. The van der Waals surface area contributed by atoms with Gasteiger partial charge in [-0.25, -0.2) is 4.98 Å². The number of nitrogens with zero attached hydrogens (tertiary/aromatic N) is 2. The van der Waals surface area contributed by atoms with Gasteiger partial charge in [-0.2, -0.15) is 0 Å². The van der Waals surface area contributed by atoms with Gasteiger partial charge in [-0.15, -0.1) is 0 Å². The van der Waals surface area contributed by atoms with E-state index in [1.807, 2.05) is 0 Å². The molecule has 0 aliphatic carbocycles. The summed E-state index contributed by atoms with van der Waals surface area (Å²) in [4.78, 5) is 6.52. The summed E-state index contributed by atoms with van der Waals surface area (Å²) in [5.74, 6) is 0.850. The fourth-order valence-electron chi connectivity index (χ4n) is 1.86. The second-order valence-corrected chi connectivity index (χ2v) is 3.64. The van der Waals surface area contributed by atoms with Crippen molar-refractivity contribution < 1.29 is 4.42 Å². The summed E-state index contributed by atoms with van der Waals surface area (Å²) in [6.45, 7) is 3.32. The average molecular weight is 166 g/mol. The summed E-state index contributed by atoms with van der Waals surface area (Å²) in [5.41, 5.74) is 0.0312. The molecule has 0 amide bonds. The highest BCUT2D eigenvalue weighted by molar-refractivity contribution is 5.03. The van der Waals surface area contributed by atoms with Crippen LogP contribution in [0.2, 0.25) is 0 Å². The zero-order valence-electron chi connectivity index (χ0n) is 7.58. The molecule has 3 nitrogen and oxygen atoms in total. The van der Waals surface area contributed by atoms with E-state index in [4.69, 9.17) is 4.42 Å². The predicted octanol–water partition coefficient (Wildman–Crippen LogP) is 1.62. The van der Waals surface area contributed by atoms with Gasteiger partial charge in [0.15, 0.2) is 0 Å². The Morgan fingerprint density at radius 3 is 3.00 bits per heavy atom. The van der Waals surface area contributed by atoms with Crippen LogP contribution in [0.5, 0.6) is 0 Å². The van der Waals surface area contributed by atoms with Crippen LogP contribution in [0.3, 0.4) is 0 Å². The van der Waals surface area contributed by atoms with Crippen molar-refractivity contribution in [3.05, 3.63) is 18.4 Å². The molecule has 0 radical (unpaired) electrons. The maximum absolute atomic E-state index is 5.34. The Bertz CT molecular complexity index is 258. The van der Waals surface area contributed by atoms with Gasteiger partial charge in [-0.05, 0) is 33.4 Å². The summed E-state index contributed by atoms with van der Waals surface area (Å²) in [6, 6.07) is 0. The van der Waals surface area contributed by atoms with Crippen LogP contribution in [0.25, 0.3) is 0 Å². The molecule has 0 bridgehead atoms. The van der Waals surface area contributed by atoms with Crippen LogP contribution in [0, 0.1) is 0 Å². The molecule has 2 rings (SSSR count). The van der Waals surface area contributed by atoms with Gasteiger partial charge in [0.25, 0.3) is 0 Å². The molecule has 1 aromatic heterocycles. The summed E-state index contributed by atoms with van der Waals surface area (Å²) < 4.78 is 5.34. The number of likely N-dealkylation sites (tertiary alicyclic amines) is 1. The fraction of sp³-hybridized carbons (Fsp3) is 0.667. The molecule has 2 heterocycles. The molecule has 1 atom stereocenters. The zero-order valence-corrected chi connectivity index (χ0v) is 7.58. The van der Waals surface area contributed by atoms with E-state index in [0.717, 1.165) is 18.9 Å². The predicted molar refractivity (Wildman–Crippen MR) is 45.7 cm³/mol. The van der Waals surface area contributed by atoms with Gasteiger partial charge in [-0.1, -0.05) is 0 Å². The van der Waals surface area contributed by atoms with E-state index in [-0.39, 0.29) is 5.54 Å². The third-order valence-electron chi connectivity index (χ3n) is 2.89. The van der Waals surface area contributed by atoms with E-state index in [9.17, 15) is 0 Å². The minimum absolute atomic E-state index is 0.0312. The second kappa shape index (κ2) is 2.59. The first kappa shape index (κ1) is 7.80. The highest BCUT2D eigenvalue weighted by atomic mass is 16.3. The number of oxazole rings is 1. The molecule has 1 aliphatic heterocycles. The first-order valence-electron chi connectivity index (χ1n) is 4.35. The molecular formula is C9H14N2O. The van der Waals surface area contributed by atoms with Gasteiger partial charge >= 0.3 is 0 Å². The van der Waals surface area contributed by atoms with Crippen molar-refractivity contribution in [1.82, 2.24) is 9.88 Å². The molecule has 1 fully saturated rings. The SMILES string of the molecule is CN1CCC[C@@]1(C)c1ncco1. The van der Waals surface area contributed by atoms with Gasteiger partial charge in [0, 0.05) is 0 Å². The second-order valence-electron chi connectivity index (χ2n) is 3.64. The van der Waals surface area contributed by atoms with Crippen molar-refractivity contribution in [2.45, 2.75) is 25.3 Å². The van der Waals surface area contributed by atoms with E-state index in [1.54, 1.807) is 12.5 Å². The lowest BCUT2D eigenvalue weighted by molar-refractivity contribution is 0.156. The molecule has 0 unspecified atom stereocenters. The van der Waals surface area contributed by atoms with Gasteiger partial charge in [0.1, 0.15) is 6.26 Å². The number of aromatic nitrogens is 1. The molecule has 1 aromatic rings. The zero-order chi connectivity index (χ0) is 8.60. The third-order valence-corrected chi connectivity index (χ3v) is 2.89. The van der Waals surface area contributed by atoms with E-state index in [0.29, 0.717) is 0 Å². The molecule has 66 valence electrons. The van der Waals surface area contributed by atoms with Gasteiger partial charge in [-0.3, -0.25) is 4.90 Å². The Balaban J connectivity index is 2.32. The van der Waals surface area contributed by atoms with Crippen LogP contribution in [0.15, 0.2) is 16.9 Å². The van der Waals surface area contributed by atoms with Crippen molar-refractivity contribution in [1.29, 1.82) is 0 Å². The minimum Gasteiger partial charge on any atom is -0.447 e. The Kier molecular flexibility index (Phi) is 1.68. The van der Waals surface area contributed by atoms with E-state index in [1.165, 1.54) is 6.42 Å². The van der Waals surface area contributed by atoms with Crippen molar-refractivity contribution in [2.24, 2.45) is 0 Å². The fourth-order valence-corrected chi connectivity index (χ4v) is 1.86. The topological polar surface area (TPSA) is 29.3 Å². The molecule has 12 heavy (non-hydrogen) atoms. The van der Waals surface area contributed by atoms with Crippen LogP contribution >= 0.6 is 0 Å². The minimum atomic E-state index is 0.0312. The van der Waals surface area contributed by atoms with Crippen LogP contribution in [0.4, 0.5) is 0 Å². The molecule has 1 aliphatic rings.